The summed E-state index contributed by atoms with van der Waals surface area (Å²) in [4.78, 5) is 3.81. The summed E-state index contributed by atoms with van der Waals surface area (Å²) in [6, 6.07) is 0. The highest BCUT2D eigenvalue weighted by Gasteiger charge is 2.28. The molecule has 0 heterocycles. The Kier molecular flexibility index (Phi) is 7.57. The van der Waals surface area contributed by atoms with E-state index in [1.165, 1.54) is 38.5 Å². The highest BCUT2D eigenvalue weighted by molar-refractivity contribution is 4.93. The van der Waals surface area contributed by atoms with Crippen LogP contribution in [0.2, 0.25) is 0 Å². The van der Waals surface area contributed by atoms with Gasteiger partial charge in [0.05, 0.1) is 0 Å². The van der Waals surface area contributed by atoms with Gasteiger partial charge in [0.15, 0.2) is 0 Å². The molecule has 0 aliphatic rings. The molecule has 0 saturated heterocycles. The number of hydrogen-bond acceptors (Lipinski definition) is 0. The highest BCUT2D eigenvalue weighted by atomic mass is 14.8. The number of nitrogens with zero attached hydrogens (tertiary/aromatic N) is 1. The maximum atomic E-state index is 7.25. The minimum atomic E-state index is -0.0651. The molecule has 0 radical (unpaired) electrons. The number of rotatable bonds is 8. The van der Waals surface area contributed by atoms with Crippen molar-refractivity contribution < 1.29 is 0 Å². The van der Waals surface area contributed by atoms with Gasteiger partial charge >= 0.3 is 0 Å². The van der Waals surface area contributed by atoms with Gasteiger partial charge in [-0.2, -0.15) is 0 Å². The summed E-state index contributed by atoms with van der Waals surface area (Å²) in [5.41, 5.74) is -0.0651. The molecule has 0 N–H and O–H groups in total. The molecular weight excluding hydrogens is 170 g/mol. The smallest absolute Gasteiger partial charge is 0.229 e. The van der Waals surface area contributed by atoms with Gasteiger partial charge in [-0.15, -0.1) is 0 Å². The van der Waals surface area contributed by atoms with Crippen LogP contribution in [0.25, 0.3) is 4.85 Å². The molecule has 1 heteroatoms. The average molecular weight is 195 g/mol. The first-order valence-electron chi connectivity index (χ1n) is 6.07. The van der Waals surface area contributed by atoms with Gasteiger partial charge in [0.2, 0.25) is 5.54 Å². The minimum absolute atomic E-state index is 0.0651. The molecule has 0 rings (SSSR count). The van der Waals surface area contributed by atoms with E-state index in [-0.39, 0.29) is 5.54 Å². The zero-order valence-corrected chi connectivity index (χ0v) is 10.1. The van der Waals surface area contributed by atoms with Crippen molar-refractivity contribution in [2.24, 2.45) is 0 Å². The van der Waals surface area contributed by atoms with Crippen molar-refractivity contribution in [3.63, 3.8) is 0 Å². The van der Waals surface area contributed by atoms with Crippen LogP contribution in [-0.2, 0) is 0 Å². The summed E-state index contributed by atoms with van der Waals surface area (Å²) in [6.07, 6.45) is 9.69. The lowest BCUT2D eigenvalue weighted by atomic mass is 9.89. The normalized spacial score (nSPS) is 11.3. The highest BCUT2D eigenvalue weighted by Crippen LogP contribution is 2.25. The van der Waals surface area contributed by atoms with Crippen LogP contribution in [0.5, 0.6) is 0 Å². The Labute approximate surface area is 89.7 Å². The molecule has 0 bridgehead atoms. The molecule has 0 atom stereocenters. The summed E-state index contributed by atoms with van der Waals surface area (Å²) in [5, 5.41) is 0. The maximum absolute atomic E-state index is 7.25. The molecule has 0 aromatic rings. The van der Waals surface area contributed by atoms with E-state index in [0.717, 1.165) is 12.8 Å². The van der Waals surface area contributed by atoms with Crippen molar-refractivity contribution in [2.45, 2.75) is 77.7 Å². The van der Waals surface area contributed by atoms with Gasteiger partial charge in [0, 0.05) is 19.8 Å². The Morgan fingerprint density at radius 2 is 1.36 bits per heavy atom. The molecule has 0 aromatic carbocycles. The van der Waals surface area contributed by atoms with E-state index in [1.807, 2.05) is 0 Å². The van der Waals surface area contributed by atoms with Crippen LogP contribution in [-0.4, -0.2) is 5.54 Å². The fraction of sp³-hybridized carbons (Fsp3) is 0.923. The predicted molar refractivity (Wildman–Crippen MR) is 63.3 cm³/mol. The minimum Gasteiger partial charge on any atom is -0.311 e. The van der Waals surface area contributed by atoms with Crippen LogP contribution in [0.15, 0.2) is 0 Å². The topological polar surface area (TPSA) is 4.36 Å². The van der Waals surface area contributed by atoms with Crippen molar-refractivity contribution >= 4 is 0 Å². The Morgan fingerprint density at radius 3 is 1.64 bits per heavy atom. The van der Waals surface area contributed by atoms with Crippen LogP contribution in [0.1, 0.15) is 72.1 Å². The first-order valence-corrected chi connectivity index (χ1v) is 6.07. The van der Waals surface area contributed by atoms with Gasteiger partial charge in [0.25, 0.3) is 0 Å². The van der Waals surface area contributed by atoms with Crippen molar-refractivity contribution in [2.75, 3.05) is 0 Å². The maximum Gasteiger partial charge on any atom is 0.229 e. The molecule has 82 valence electrons. The average Bonchev–Trinajstić information content (AvgIpc) is 2.19. The van der Waals surface area contributed by atoms with Gasteiger partial charge in [-0.25, -0.2) is 6.57 Å². The summed E-state index contributed by atoms with van der Waals surface area (Å²) in [5.74, 6) is 0. The van der Waals surface area contributed by atoms with Crippen LogP contribution in [0.4, 0.5) is 0 Å². The third kappa shape index (κ3) is 6.02. The van der Waals surface area contributed by atoms with E-state index in [0.29, 0.717) is 0 Å². The molecule has 0 aromatic heterocycles. The summed E-state index contributed by atoms with van der Waals surface area (Å²) < 4.78 is 0. The lowest BCUT2D eigenvalue weighted by Crippen LogP contribution is -2.19. The standard InChI is InChI=1S/C13H25N/c1-5-7-9-11-13(3,14-4)12-10-8-6-2/h5-12H2,1-3H3. The van der Waals surface area contributed by atoms with E-state index >= 15 is 0 Å². The Hall–Kier alpha value is -0.510. The monoisotopic (exact) mass is 195 g/mol. The second kappa shape index (κ2) is 7.85. The van der Waals surface area contributed by atoms with Crippen LogP contribution in [0.3, 0.4) is 0 Å². The zero-order chi connectivity index (χ0) is 10.9. The van der Waals surface area contributed by atoms with E-state index in [1.54, 1.807) is 0 Å². The second-order valence-corrected chi connectivity index (χ2v) is 4.52. The van der Waals surface area contributed by atoms with E-state index < -0.39 is 0 Å². The third-order valence-electron chi connectivity index (χ3n) is 2.91. The molecule has 0 spiro atoms. The van der Waals surface area contributed by atoms with Gasteiger partial charge in [0.1, 0.15) is 0 Å². The third-order valence-corrected chi connectivity index (χ3v) is 2.91. The van der Waals surface area contributed by atoms with Gasteiger partial charge in [-0.1, -0.05) is 39.5 Å². The Balaban J connectivity index is 3.75. The molecule has 0 amide bonds. The molecular formula is C13H25N. The lowest BCUT2D eigenvalue weighted by molar-refractivity contribution is 0.425. The molecule has 0 aliphatic heterocycles. The van der Waals surface area contributed by atoms with Crippen molar-refractivity contribution in [3.05, 3.63) is 11.4 Å². The molecule has 0 fully saturated rings. The predicted octanol–water partition coefficient (Wildman–Crippen LogP) is 4.82. The largest absolute Gasteiger partial charge is 0.311 e. The van der Waals surface area contributed by atoms with Crippen molar-refractivity contribution in [1.82, 2.24) is 0 Å². The summed E-state index contributed by atoms with van der Waals surface area (Å²) in [7, 11) is 0. The summed E-state index contributed by atoms with van der Waals surface area (Å²) >= 11 is 0. The van der Waals surface area contributed by atoms with Crippen molar-refractivity contribution in [3.8, 4) is 0 Å². The van der Waals surface area contributed by atoms with E-state index in [9.17, 15) is 0 Å². The fourth-order valence-electron chi connectivity index (χ4n) is 1.75. The number of unbranched alkanes of at least 4 members (excludes halogenated alkanes) is 4. The zero-order valence-electron chi connectivity index (χ0n) is 10.1. The fourth-order valence-corrected chi connectivity index (χ4v) is 1.75. The van der Waals surface area contributed by atoms with Crippen molar-refractivity contribution in [1.29, 1.82) is 0 Å². The van der Waals surface area contributed by atoms with Gasteiger partial charge < -0.3 is 4.85 Å². The summed E-state index contributed by atoms with van der Waals surface area (Å²) in [6.45, 7) is 13.8. The molecule has 0 unspecified atom stereocenters. The SMILES string of the molecule is [C-]#[N+]C(C)(CCCCC)CCCCC. The molecule has 0 aliphatic carbocycles. The molecule has 14 heavy (non-hydrogen) atoms. The van der Waals surface area contributed by atoms with Crippen LogP contribution >= 0.6 is 0 Å². The van der Waals surface area contributed by atoms with Gasteiger partial charge in [-0.3, -0.25) is 0 Å². The van der Waals surface area contributed by atoms with Crippen LogP contribution in [0, 0.1) is 6.57 Å². The first kappa shape index (κ1) is 13.5. The second-order valence-electron chi connectivity index (χ2n) is 4.52. The number of hydrogen-bond donors (Lipinski definition) is 0. The quantitative estimate of drug-likeness (QED) is 0.386. The lowest BCUT2D eigenvalue weighted by Gasteiger charge is -2.16. The van der Waals surface area contributed by atoms with Crippen LogP contribution < -0.4 is 0 Å². The van der Waals surface area contributed by atoms with Gasteiger partial charge in [-0.05, 0) is 12.8 Å². The Morgan fingerprint density at radius 1 is 0.929 bits per heavy atom. The first-order chi connectivity index (χ1) is 6.68. The van der Waals surface area contributed by atoms with E-state index in [4.69, 9.17) is 6.57 Å². The van der Waals surface area contributed by atoms with E-state index in [2.05, 4.69) is 25.6 Å². The molecule has 1 nitrogen and oxygen atoms in total. The Bertz CT molecular complexity index is 157. The molecule has 0 saturated carbocycles.